The first-order valence-corrected chi connectivity index (χ1v) is 12.0. The molecule has 0 fully saturated rings. The van der Waals surface area contributed by atoms with Crippen LogP contribution in [0.25, 0.3) is 43.6 Å². The fourth-order valence-electron chi connectivity index (χ4n) is 5.69. The molecule has 1 aliphatic rings. The van der Waals surface area contributed by atoms with Crippen molar-refractivity contribution in [2.75, 3.05) is 0 Å². The Morgan fingerprint density at radius 1 is 0.788 bits per heavy atom. The molecule has 1 aliphatic heterocycles. The van der Waals surface area contributed by atoms with Crippen LogP contribution in [-0.2, 0) is 7.05 Å². The van der Waals surface area contributed by atoms with Crippen molar-refractivity contribution in [3.8, 4) is 22.8 Å². The molecule has 2 nitrogen and oxygen atoms in total. The van der Waals surface area contributed by atoms with Crippen molar-refractivity contribution in [2.45, 2.75) is 46.5 Å². The molecule has 0 unspecified atom stereocenters. The topological polar surface area (TPSA) is 13.1 Å². The van der Waals surface area contributed by atoms with Gasteiger partial charge in [0.05, 0.1) is 10.9 Å². The largest absolute Gasteiger partial charge is 0.455 e. The molecule has 0 radical (unpaired) electrons. The predicted molar refractivity (Wildman–Crippen MR) is 139 cm³/mol. The molecule has 6 rings (SSSR count). The average Bonchev–Trinajstić information content (AvgIpc) is 2.80. The van der Waals surface area contributed by atoms with Gasteiger partial charge in [0, 0.05) is 17.0 Å². The van der Waals surface area contributed by atoms with Crippen LogP contribution in [0.2, 0.25) is 0 Å². The van der Waals surface area contributed by atoms with Crippen molar-refractivity contribution < 1.29 is 9.30 Å². The predicted octanol–water partition coefficient (Wildman–Crippen LogP) is 8.30. The summed E-state index contributed by atoms with van der Waals surface area (Å²) >= 11 is 0. The maximum atomic E-state index is 6.86. The second-order valence-corrected chi connectivity index (χ2v) is 10.1. The summed E-state index contributed by atoms with van der Waals surface area (Å²) in [4.78, 5) is 0. The van der Waals surface area contributed by atoms with Gasteiger partial charge < -0.3 is 4.74 Å². The summed E-state index contributed by atoms with van der Waals surface area (Å²) in [7, 11) is 2.16. The summed E-state index contributed by atoms with van der Waals surface area (Å²) in [5.74, 6) is 2.83. The van der Waals surface area contributed by atoms with Crippen LogP contribution in [0.5, 0.6) is 11.5 Å². The molecule has 0 spiro atoms. The summed E-state index contributed by atoms with van der Waals surface area (Å²) in [6, 6.07) is 20.1. The van der Waals surface area contributed by atoms with Gasteiger partial charge in [0.1, 0.15) is 18.5 Å². The molecular weight excluding hydrogens is 402 g/mol. The van der Waals surface area contributed by atoms with Crippen LogP contribution in [0.15, 0.2) is 60.8 Å². The van der Waals surface area contributed by atoms with Crippen molar-refractivity contribution in [3.05, 3.63) is 77.5 Å². The zero-order valence-electron chi connectivity index (χ0n) is 20.3. The lowest BCUT2D eigenvalue weighted by molar-refractivity contribution is -0.659. The maximum Gasteiger partial charge on any atom is 0.228 e. The zero-order chi connectivity index (χ0) is 23.0. The second-order valence-electron chi connectivity index (χ2n) is 10.1. The smallest absolute Gasteiger partial charge is 0.228 e. The molecule has 0 atom stereocenters. The van der Waals surface area contributed by atoms with Crippen LogP contribution in [0.3, 0.4) is 0 Å². The maximum absolute atomic E-state index is 6.86. The highest BCUT2D eigenvalue weighted by Crippen LogP contribution is 2.53. The van der Waals surface area contributed by atoms with Crippen LogP contribution >= 0.6 is 0 Å². The summed E-state index contributed by atoms with van der Waals surface area (Å²) in [6.45, 7) is 11.3. The van der Waals surface area contributed by atoms with Gasteiger partial charge in [-0.15, -0.1) is 0 Å². The summed E-state index contributed by atoms with van der Waals surface area (Å²) in [5.41, 5.74) is 6.44. The first kappa shape index (κ1) is 20.2. The Morgan fingerprint density at radius 2 is 1.55 bits per heavy atom. The quantitative estimate of drug-likeness (QED) is 0.198. The summed E-state index contributed by atoms with van der Waals surface area (Å²) in [5, 5.41) is 7.62. The van der Waals surface area contributed by atoms with Crippen LogP contribution < -0.4 is 9.30 Å². The third-order valence-corrected chi connectivity index (χ3v) is 7.38. The fraction of sp³-hybridized carbons (Fsp3) is 0.258. The lowest BCUT2D eigenvalue weighted by Gasteiger charge is -2.27. The lowest BCUT2D eigenvalue weighted by Crippen LogP contribution is -2.32. The Kier molecular flexibility index (Phi) is 4.32. The second kappa shape index (κ2) is 7.05. The van der Waals surface area contributed by atoms with E-state index in [1.54, 1.807) is 0 Å². The fourth-order valence-corrected chi connectivity index (χ4v) is 5.69. The van der Waals surface area contributed by atoms with Crippen LogP contribution in [-0.4, -0.2) is 0 Å². The minimum Gasteiger partial charge on any atom is -0.455 e. The monoisotopic (exact) mass is 432 g/mol. The van der Waals surface area contributed by atoms with Crippen molar-refractivity contribution in [3.63, 3.8) is 0 Å². The summed E-state index contributed by atoms with van der Waals surface area (Å²) < 4.78 is 9.13. The Hall–Kier alpha value is -3.39. The summed E-state index contributed by atoms with van der Waals surface area (Å²) in [6.07, 6.45) is 2.21. The van der Waals surface area contributed by atoms with E-state index >= 15 is 0 Å². The van der Waals surface area contributed by atoms with Gasteiger partial charge in [-0.25, -0.2) is 4.57 Å². The number of pyridine rings is 1. The number of fused-ring (bicyclic) bond motifs is 5. The highest BCUT2D eigenvalue weighted by molar-refractivity contribution is 6.16. The van der Waals surface area contributed by atoms with Crippen LogP contribution in [0, 0.1) is 6.92 Å². The number of benzene rings is 4. The van der Waals surface area contributed by atoms with Crippen LogP contribution in [0.4, 0.5) is 0 Å². The molecule has 1 aromatic heterocycles. The molecule has 0 saturated carbocycles. The Labute approximate surface area is 195 Å². The van der Waals surface area contributed by atoms with E-state index in [4.69, 9.17) is 4.74 Å². The Morgan fingerprint density at radius 3 is 2.27 bits per heavy atom. The molecule has 164 valence electrons. The van der Waals surface area contributed by atoms with E-state index in [9.17, 15) is 0 Å². The molecule has 2 heterocycles. The van der Waals surface area contributed by atoms with Gasteiger partial charge in [0.25, 0.3) is 0 Å². The molecule has 4 aromatic carbocycles. The number of hydrogen-bond donors (Lipinski definition) is 0. The van der Waals surface area contributed by atoms with E-state index in [1.807, 2.05) is 0 Å². The molecule has 0 saturated heterocycles. The minimum atomic E-state index is 0.351. The van der Waals surface area contributed by atoms with E-state index in [-0.39, 0.29) is 0 Å². The third-order valence-electron chi connectivity index (χ3n) is 7.38. The number of aromatic nitrogens is 1. The minimum absolute atomic E-state index is 0.351. The average molecular weight is 433 g/mol. The van der Waals surface area contributed by atoms with Gasteiger partial charge in [-0.2, -0.15) is 0 Å². The highest BCUT2D eigenvalue weighted by Gasteiger charge is 2.33. The molecule has 2 heteroatoms. The number of ether oxygens (including phenoxy) is 1. The van der Waals surface area contributed by atoms with Gasteiger partial charge in [-0.3, -0.25) is 0 Å². The Balaban J connectivity index is 1.82. The standard InChI is InChI=1S/C31H30NO/c1-17(2)20-11-12-21-16-26-29-24(25(21)15-20)13-14-32(6)30(29)28-19(5)22-9-7-8-10-23(22)27(18(3)4)31(28)33-26/h7-18H,1-6H3/q+1. The molecule has 5 aromatic rings. The van der Waals surface area contributed by atoms with Crippen molar-refractivity contribution in [1.82, 2.24) is 0 Å². The normalized spacial score (nSPS) is 12.7. The van der Waals surface area contributed by atoms with Gasteiger partial charge in [0.15, 0.2) is 6.20 Å². The van der Waals surface area contributed by atoms with Gasteiger partial charge in [-0.1, -0.05) is 70.2 Å². The molecule has 0 N–H and O–H groups in total. The number of nitrogens with zero attached hydrogens (tertiary/aromatic N) is 1. The van der Waals surface area contributed by atoms with E-state index in [2.05, 4.69) is 107 Å². The Bertz CT molecular complexity index is 1610. The van der Waals surface area contributed by atoms with Gasteiger partial charge in [-0.05, 0) is 57.5 Å². The molecular formula is C31H30NO+. The van der Waals surface area contributed by atoms with Crippen LogP contribution in [0.1, 0.15) is 56.2 Å². The first-order chi connectivity index (χ1) is 15.9. The third kappa shape index (κ3) is 2.76. The molecule has 0 bridgehead atoms. The highest BCUT2D eigenvalue weighted by atomic mass is 16.5. The number of hydrogen-bond acceptors (Lipinski definition) is 1. The van der Waals surface area contributed by atoms with E-state index in [0.29, 0.717) is 11.8 Å². The number of rotatable bonds is 2. The van der Waals surface area contributed by atoms with E-state index in [0.717, 1.165) is 11.5 Å². The SMILES string of the molecule is Cc1c2c(c(C(C)C)c3ccccc13)Oc1cc3ccc(C(C)C)cc3c3cc[n+](C)c-2c13. The van der Waals surface area contributed by atoms with E-state index < -0.39 is 0 Å². The van der Waals surface area contributed by atoms with Crippen molar-refractivity contribution in [1.29, 1.82) is 0 Å². The molecule has 0 amide bonds. The molecule has 33 heavy (non-hydrogen) atoms. The van der Waals surface area contributed by atoms with Gasteiger partial charge in [0.2, 0.25) is 5.69 Å². The van der Waals surface area contributed by atoms with Crippen molar-refractivity contribution >= 4 is 32.3 Å². The zero-order valence-corrected chi connectivity index (χ0v) is 20.3. The first-order valence-electron chi connectivity index (χ1n) is 12.0. The van der Waals surface area contributed by atoms with E-state index in [1.165, 1.54) is 60.3 Å². The number of aryl methyl sites for hydroxylation is 2. The molecule has 0 aliphatic carbocycles. The van der Waals surface area contributed by atoms with Gasteiger partial charge >= 0.3 is 0 Å². The lowest BCUT2D eigenvalue weighted by atomic mass is 9.84. The van der Waals surface area contributed by atoms with Crippen molar-refractivity contribution in [2.24, 2.45) is 7.05 Å².